The van der Waals surface area contributed by atoms with Crippen molar-refractivity contribution in [1.82, 2.24) is 9.78 Å². The number of halogens is 1. The molecule has 2 aromatic rings. The fraction of sp³-hybridized carbons (Fsp3) is 0.389. The second kappa shape index (κ2) is 5.85. The quantitative estimate of drug-likeness (QED) is 0.815. The Labute approximate surface area is 139 Å². The first kappa shape index (κ1) is 15.1. The lowest BCUT2D eigenvalue weighted by atomic mass is 9.81. The summed E-state index contributed by atoms with van der Waals surface area (Å²) in [6.45, 7) is 0.390. The summed E-state index contributed by atoms with van der Waals surface area (Å²) in [5.41, 5.74) is 0.775. The van der Waals surface area contributed by atoms with Gasteiger partial charge in [0.1, 0.15) is 5.82 Å². The third-order valence-electron chi connectivity index (χ3n) is 4.93. The number of imide groups is 1. The number of hydrogen-bond donors (Lipinski definition) is 0. The van der Waals surface area contributed by atoms with Crippen LogP contribution in [0.3, 0.4) is 0 Å². The van der Waals surface area contributed by atoms with E-state index in [9.17, 15) is 14.0 Å². The molecule has 0 spiro atoms. The molecular formula is C18H18FN3O2. The fourth-order valence-corrected chi connectivity index (χ4v) is 3.77. The zero-order chi connectivity index (χ0) is 16.7. The van der Waals surface area contributed by atoms with E-state index in [1.54, 1.807) is 23.0 Å². The summed E-state index contributed by atoms with van der Waals surface area (Å²) in [4.78, 5) is 26.4. The lowest BCUT2D eigenvalue weighted by Gasteiger charge is -2.19. The van der Waals surface area contributed by atoms with Gasteiger partial charge in [-0.1, -0.05) is 25.0 Å². The molecule has 24 heavy (non-hydrogen) atoms. The molecular weight excluding hydrogens is 309 g/mol. The maximum atomic E-state index is 13.3. The molecule has 1 aliphatic heterocycles. The summed E-state index contributed by atoms with van der Waals surface area (Å²) < 4.78 is 14.9. The van der Waals surface area contributed by atoms with Crippen LogP contribution in [0.2, 0.25) is 0 Å². The SMILES string of the molecule is O=C1C2CCCCC2C(=O)N1c1ccn(Cc2cccc(F)c2)n1. The van der Waals surface area contributed by atoms with Crippen molar-refractivity contribution < 1.29 is 14.0 Å². The Kier molecular flexibility index (Phi) is 3.67. The van der Waals surface area contributed by atoms with Gasteiger partial charge in [0.25, 0.3) is 0 Å². The molecule has 0 bridgehead atoms. The Balaban J connectivity index is 1.56. The minimum Gasteiger partial charge on any atom is -0.274 e. The number of benzene rings is 1. The predicted molar refractivity (Wildman–Crippen MR) is 85.7 cm³/mol. The summed E-state index contributed by atoms with van der Waals surface area (Å²) >= 11 is 0. The van der Waals surface area contributed by atoms with Crippen LogP contribution in [-0.2, 0) is 16.1 Å². The molecule has 2 unspecified atom stereocenters. The van der Waals surface area contributed by atoms with Crippen molar-refractivity contribution in [3.05, 3.63) is 47.9 Å². The van der Waals surface area contributed by atoms with Crippen LogP contribution in [0, 0.1) is 17.7 Å². The van der Waals surface area contributed by atoms with E-state index >= 15 is 0 Å². The van der Waals surface area contributed by atoms with Crippen LogP contribution >= 0.6 is 0 Å². The number of aromatic nitrogens is 2. The third-order valence-corrected chi connectivity index (χ3v) is 4.93. The van der Waals surface area contributed by atoms with Crippen molar-refractivity contribution in [2.75, 3.05) is 4.90 Å². The zero-order valence-corrected chi connectivity index (χ0v) is 13.2. The number of carbonyl (C=O) groups is 2. The van der Waals surface area contributed by atoms with Gasteiger partial charge >= 0.3 is 0 Å². The zero-order valence-electron chi connectivity index (χ0n) is 13.2. The number of nitrogens with zero attached hydrogens (tertiary/aromatic N) is 3. The fourth-order valence-electron chi connectivity index (χ4n) is 3.77. The lowest BCUT2D eigenvalue weighted by Crippen LogP contribution is -2.31. The standard InChI is InChI=1S/C18H18FN3O2/c19-13-5-3-4-12(10-13)11-21-9-8-16(20-21)22-17(23)14-6-1-2-7-15(14)18(22)24/h3-5,8-10,14-15H,1-2,6-7,11H2. The van der Waals surface area contributed by atoms with Gasteiger partial charge in [-0.05, 0) is 30.5 Å². The summed E-state index contributed by atoms with van der Waals surface area (Å²) in [6.07, 6.45) is 5.29. The van der Waals surface area contributed by atoms with Gasteiger partial charge in [-0.2, -0.15) is 5.10 Å². The Bertz CT molecular complexity index is 777. The van der Waals surface area contributed by atoms with Gasteiger partial charge in [0.05, 0.1) is 18.4 Å². The first-order chi connectivity index (χ1) is 11.6. The smallest absolute Gasteiger partial charge is 0.238 e. The molecule has 6 heteroatoms. The molecule has 2 fully saturated rings. The van der Waals surface area contributed by atoms with Crippen molar-refractivity contribution in [1.29, 1.82) is 0 Å². The Morgan fingerprint density at radius 3 is 2.46 bits per heavy atom. The molecule has 1 saturated carbocycles. The van der Waals surface area contributed by atoms with Gasteiger partial charge in [0.2, 0.25) is 11.8 Å². The lowest BCUT2D eigenvalue weighted by molar-refractivity contribution is -0.122. The molecule has 1 aromatic heterocycles. The molecule has 2 amide bonds. The van der Waals surface area contributed by atoms with E-state index in [0.717, 1.165) is 31.2 Å². The van der Waals surface area contributed by atoms with Crippen LogP contribution in [0.4, 0.5) is 10.2 Å². The highest BCUT2D eigenvalue weighted by Crippen LogP contribution is 2.39. The van der Waals surface area contributed by atoms with E-state index in [2.05, 4.69) is 5.10 Å². The molecule has 1 saturated heterocycles. The summed E-state index contributed by atoms with van der Waals surface area (Å²) in [5, 5.41) is 4.35. The van der Waals surface area contributed by atoms with Gasteiger partial charge in [-0.3, -0.25) is 14.3 Å². The first-order valence-electron chi connectivity index (χ1n) is 8.29. The average molecular weight is 327 g/mol. The molecule has 0 radical (unpaired) electrons. The number of carbonyl (C=O) groups excluding carboxylic acids is 2. The van der Waals surface area contributed by atoms with Gasteiger partial charge in [0, 0.05) is 12.3 Å². The Hall–Kier alpha value is -2.50. The van der Waals surface area contributed by atoms with Crippen LogP contribution < -0.4 is 4.90 Å². The maximum Gasteiger partial charge on any atom is 0.238 e. The van der Waals surface area contributed by atoms with Gasteiger partial charge in [0.15, 0.2) is 5.82 Å². The van der Waals surface area contributed by atoms with Crippen molar-refractivity contribution in [3.63, 3.8) is 0 Å². The number of rotatable bonds is 3. The van der Waals surface area contributed by atoms with Crippen molar-refractivity contribution in [2.45, 2.75) is 32.2 Å². The first-order valence-corrected chi connectivity index (χ1v) is 8.29. The summed E-state index contributed by atoms with van der Waals surface area (Å²) in [6, 6.07) is 7.97. The van der Waals surface area contributed by atoms with E-state index in [-0.39, 0.29) is 29.5 Å². The molecule has 2 atom stereocenters. The molecule has 2 heterocycles. The van der Waals surface area contributed by atoms with Crippen molar-refractivity contribution >= 4 is 17.6 Å². The molecule has 2 aliphatic rings. The third kappa shape index (κ3) is 2.52. The van der Waals surface area contributed by atoms with Gasteiger partial charge in [-0.15, -0.1) is 0 Å². The molecule has 4 rings (SSSR count). The normalized spacial score (nSPS) is 23.6. The van der Waals surface area contributed by atoms with Crippen LogP contribution in [-0.4, -0.2) is 21.6 Å². The van der Waals surface area contributed by atoms with E-state index in [0.29, 0.717) is 12.4 Å². The van der Waals surface area contributed by atoms with Gasteiger partial charge in [-0.25, -0.2) is 9.29 Å². The maximum absolute atomic E-state index is 13.3. The monoisotopic (exact) mass is 327 g/mol. The van der Waals surface area contributed by atoms with Gasteiger partial charge < -0.3 is 0 Å². The predicted octanol–water partition coefficient (Wildman–Crippen LogP) is 2.75. The largest absolute Gasteiger partial charge is 0.274 e. The van der Waals surface area contributed by atoms with Crippen LogP contribution in [0.15, 0.2) is 36.5 Å². The van der Waals surface area contributed by atoms with E-state index in [1.807, 2.05) is 6.07 Å². The van der Waals surface area contributed by atoms with Crippen molar-refractivity contribution in [2.24, 2.45) is 11.8 Å². The number of anilines is 1. The second-order valence-electron chi connectivity index (χ2n) is 6.51. The molecule has 0 N–H and O–H groups in total. The van der Waals surface area contributed by atoms with Crippen LogP contribution in [0.5, 0.6) is 0 Å². The molecule has 1 aromatic carbocycles. The number of amides is 2. The van der Waals surface area contributed by atoms with Crippen LogP contribution in [0.25, 0.3) is 0 Å². The highest BCUT2D eigenvalue weighted by molar-refractivity contribution is 6.21. The van der Waals surface area contributed by atoms with E-state index in [1.165, 1.54) is 17.0 Å². The molecule has 1 aliphatic carbocycles. The topological polar surface area (TPSA) is 55.2 Å². The molecule has 124 valence electrons. The molecule has 5 nitrogen and oxygen atoms in total. The average Bonchev–Trinajstić information content (AvgIpc) is 3.11. The highest BCUT2D eigenvalue weighted by atomic mass is 19.1. The second-order valence-corrected chi connectivity index (χ2v) is 6.51. The number of fused-ring (bicyclic) bond motifs is 1. The minimum absolute atomic E-state index is 0.124. The van der Waals surface area contributed by atoms with E-state index < -0.39 is 0 Å². The number of hydrogen-bond acceptors (Lipinski definition) is 3. The highest BCUT2D eigenvalue weighted by Gasteiger charge is 2.49. The van der Waals surface area contributed by atoms with Crippen LogP contribution in [0.1, 0.15) is 31.2 Å². The summed E-state index contributed by atoms with van der Waals surface area (Å²) in [5.74, 6) is -0.537. The Morgan fingerprint density at radius 2 is 1.79 bits per heavy atom. The van der Waals surface area contributed by atoms with E-state index in [4.69, 9.17) is 0 Å². The minimum atomic E-state index is -0.297. The summed E-state index contributed by atoms with van der Waals surface area (Å²) in [7, 11) is 0. The van der Waals surface area contributed by atoms with Crippen molar-refractivity contribution in [3.8, 4) is 0 Å². The Morgan fingerprint density at radius 1 is 1.08 bits per heavy atom.